The normalized spacial score (nSPS) is 11.3. The van der Waals surface area contributed by atoms with Crippen LogP contribution in [0.1, 0.15) is 21.9 Å². The van der Waals surface area contributed by atoms with Crippen molar-refractivity contribution in [1.82, 2.24) is 14.3 Å². The van der Waals surface area contributed by atoms with E-state index >= 15 is 0 Å². The van der Waals surface area contributed by atoms with Gasteiger partial charge in [0.25, 0.3) is 15.9 Å². The maximum atomic E-state index is 12.3. The number of imidazole rings is 1. The first-order chi connectivity index (χ1) is 11.9. The Bertz CT molecular complexity index is 1010. The minimum Gasteiger partial charge on any atom is -0.303 e. The number of carbonyl (C=O) groups excluding carboxylic acids is 1. The van der Waals surface area contributed by atoms with Gasteiger partial charge >= 0.3 is 0 Å². The van der Waals surface area contributed by atoms with Gasteiger partial charge in [-0.15, -0.1) is 0 Å². The third-order valence-electron chi connectivity index (χ3n) is 3.71. The Labute approximate surface area is 146 Å². The molecule has 0 saturated carbocycles. The molecule has 0 bridgehead atoms. The van der Waals surface area contributed by atoms with Gasteiger partial charge in [0.1, 0.15) is 11.5 Å². The fourth-order valence-corrected chi connectivity index (χ4v) is 3.34. The van der Waals surface area contributed by atoms with Gasteiger partial charge in [-0.2, -0.15) is 0 Å². The number of nitrogens with zero attached hydrogens (tertiary/aromatic N) is 2. The summed E-state index contributed by atoms with van der Waals surface area (Å²) in [5.74, 6) is -0.178. The molecule has 0 saturated heterocycles. The number of sulfonamides is 1. The maximum Gasteiger partial charge on any atom is 0.285 e. The summed E-state index contributed by atoms with van der Waals surface area (Å²) in [6, 6.07) is 15.6. The predicted octanol–water partition coefficient (Wildman–Crippen LogP) is 2.61. The predicted molar refractivity (Wildman–Crippen MR) is 94.1 cm³/mol. The number of aryl methyl sites for hydroxylation is 2. The van der Waals surface area contributed by atoms with E-state index in [9.17, 15) is 13.2 Å². The molecule has 0 aliphatic carbocycles. The monoisotopic (exact) mass is 355 g/mol. The number of aromatic nitrogens is 2. The van der Waals surface area contributed by atoms with Crippen LogP contribution in [0.25, 0.3) is 5.69 Å². The second-order valence-electron chi connectivity index (χ2n) is 5.63. The second-order valence-corrected chi connectivity index (χ2v) is 7.31. The molecule has 1 heterocycles. The minimum absolute atomic E-state index is 0.0330. The lowest BCUT2D eigenvalue weighted by molar-refractivity contribution is 0.0977. The van der Waals surface area contributed by atoms with Crippen LogP contribution in [0.4, 0.5) is 0 Å². The molecular weight excluding hydrogens is 338 g/mol. The Balaban J connectivity index is 1.86. The maximum absolute atomic E-state index is 12.3. The zero-order valence-electron chi connectivity index (χ0n) is 13.8. The summed E-state index contributed by atoms with van der Waals surface area (Å²) in [5.41, 5.74) is 1.81. The van der Waals surface area contributed by atoms with Crippen molar-refractivity contribution in [1.29, 1.82) is 0 Å². The third-order valence-corrected chi connectivity index (χ3v) is 5.05. The number of hydrogen-bond acceptors (Lipinski definition) is 4. The number of hydrogen-bond donors (Lipinski definition) is 1. The van der Waals surface area contributed by atoms with Crippen LogP contribution >= 0.6 is 0 Å². The molecular formula is C18H17N3O3S. The molecule has 6 nitrogen and oxygen atoms in total. The van der Waals surface area contributed by atoms with Gasteiger partial charge in [0, 0.05) is 11.9 Å². The summed E-state index contributed by atoms with van der Waals surface area (Å²) in [7, 11) is -3.94. The Hall–Kier alpha value is -2.93. The molecule has 1 N–H and O–H groups in total. The first-order valence-corrected chi connectivity index (χ1v) is 9.10. The van der Waals surface area contributed by atoms with E-state index in [-0.39, 0.29) is 10.6 Å². The highest BCUT2D eigenvalue weighted by Crippen LogP contribution is 2.14. The van der Waals surface area contributed by atoms with Crippen molar-refractivity contribution in [3.05, 3.63) is 77.9 Å². The lowest BCUT2D eigenvalue weighted by Crippen LogP contribution is -2.30. The fraction of sp³-hybridized carbons (Fsp3) is 0.111. The van der Waals surface area contributed by atoms with Crippen LogP contribution < -0.4 is 4.72 Å². The van der Waals surface area contributed by atoms with Crippen molar-refractivity contribution in [3.8, 4) is 5.69 Å². The van der Waals surface area contributed by atoms with E-state index in [0.717, 1.165) is 11.3 Å². The van der Waals surface area contributed by atoms with Gasteiger partial charge in [-0.25, -0.2) is 18.1 Å². The molecule has 0 aliphatic heterocycles. The van der Waals surface area contributed by atoms with Crippen LogP contribution in [0.15, 0.2) is 65.7 Å². The quantitative estimate of drug-likeness (QED) is 0.780. The lowest BCUT2D eigenvalue weighted by atomic mass is 10.2. The highest BCUT2D eigenvalue weighted by atomic mass is 32.2. The van der Waals surface area contributed by atoms with E-state index in [2.05, 4.69) is 9.71 Å². The molecule has 0 spiro atoms. The van der Waals surface area contributed by atoms with E-state index in [0.29, 0.717) is 5.82 Å². The van der Waals surface area contributed by atoms with Crippen molar-refractivity contribution in [2.45, 2.75) is 18.7 Å². The Morgan fingerprint density at radius 3 is 2.28 bits per heavy atom. The fourth-order valence-electron chi connectivity index (χ4n) is 2.38. The SMILES string of the molecule is Cc1ccc(S(=O)(=O)NC(=O)c2cn(-c3ccccc3)c(C)n2)cc1. The molecule has 7 heteroatoms. The van der Waals surface area contributed by atoms with E-state index in [1.807, 2.05) is 37.3 Å². The van der Waals surface area contributed by atoms with Crippen molar-refractivity contribution in [3.63, 3.8) is 0 Å². The molecule has 1 aromatic heterocycles. The molecule has 0 aliphatic rings. The van der Waals surface area contributed by atoms with Gasteiger partial charge in [-0.05, 0) is 38.1 Å². The number of nitrogens with one attached hydrogen (secondary N) is 1. The van der Waals surface area contributed by atoms with Gasteiger partial charge in [-0.1, -0.05) is 35.9 Å². The van der Waals surface area contributed by atoms with Crippen molar-refractivity contribution in [2.24, 2.45) is 0 Å². The number of amides is 1. The number of benzene rings is 2. The van der Waals surface area contributed by atoms with E-state index in [1.165, 1.54) is 18.3 Å². The average Bonchev–Trinajstić information content (AvgIpc) is 2.98. The van der Waals surface area contributed by atoms with E-state index in [1.54, 1.807) is 23.6 Å². The molecule has 0 fully saturated rings. The smallest absolute Gasteiger partial charge is 0.285 e. The molecule has 2 aromatic carbocycles. The standard InChI is InChI=1S/C18H17N3O3S/c1-13-8-10-16(11-9-13)25(23,24)20-18(22)17-12-21(14(2)19-17)15-6-4-3-5-7-15/h3-12H,1-2H3,(H,20,22). The first kappa shape index (κ1) is 16.9. The largest absolute Gasteiger partial charge is 0.303 e. The van der Waals surface area contributed by atoms with Crippen LogP contribution in [0.3, 0.4) is 0 Å². The molecule has 25 heavy (non-hydrogen) atoms. The third kappa shape index (κ3) is 3.61. The summed E-state index contributed by atoms with van der Waals surface area (Å²) >= 11 is 0. The molecule has 0 unspecified atom stereocenters. The zero-order valence-corrected chi connectivity index (χ0v) is 14.6. The van der Waals surface area contributed by atoms with Crippen LogP contribution in [0.5, 0.6) is 0 Å². The summed E-state index contributed by atoms with van der Waals surface area (Å²) in [6.45, 7) is 3.60. The van der Waals surface area contributed by atoms with Gasteiger partial charge in [-0.3, -0.25) is 4.79 Å². The van der Waals surface area contributed by atoms with Gasteiger partial charge in [0.2, 0.25) is 0 Å². The Morgan fingerprint density at radius 1 is 1.00 bits per heavy atom. The molecule has 3 rings (SSSR count). The molecule has 0 radical (unpaired) electrons. The highest BCUT2D eigenvalue weighted by molar-refractivity contribution is 7.90. The summed E-state index contributed by atoms with van der Waals surface area (Å²) in [5, 5.41) is 0. The summed E-state index contributed by atoms with van der Waals surface area (Å²) < 4.78 is 28.4. The molecule has 1 amide bonds. The van der Waals surface area contributed by atoms with Crippen LogP contribution in [0, 0.1) is 13.8 Å². The van der Waals surface area contributed by atoms with Gasteiger partial charge in [0.05, 0.1) is 4.90 Å². The zero-order chi connectivity index (χ0) is 18.0. The Kier molecular flexibility index (Phi) is 4.41. The van der Waals surface area contributed by atoms with Gasteiger partial charge < -0.3 is 4.57 Å². The van der Waals surface area contributed by atoms with Crippen molar-refractivity contribution >= 4 is 15.9 Å². The number of carbonyl (C=O) groups is 1. The average molecular weight is 355 g/mol. The van der Waals surface area contributed by atoms with Crippen LogP contribution in [-0.4, -0.2) is 23.9 Å². The van der Waals surface area contributed by atoms with E-state index < -0.39 is 15.9 Å². The minimum atomic E-state index is -3.94. The van der Waals surface area contributed by atoms with Crippen molar-refractivity contribution < 1.29 is 13.2 Å². The summed E-state index contributed by atoms with van der Waals surface area (Å²) in [6.07, 6.45) is 1.52. The Morgan fingerprint density at radius 2 is 1.64 bits per heavy atom. The molecule has 128 valence electrons. The summed E-state index contributed by atoms with van der Waals surface area (Å²) in [4.78, 5) is 16.5. The number of para-hydroxylation sites is 1. The number of rotatable bonds is 4. The van der Waals surface area contributed by atoms with Crippen molar-refractivity contribution in [2.75, 3.05) is 0 Å². The lowest BCUT2D eigenvalue weighted by Gasteiger charge is -2.05. The van der Waals surface area contributed by atoms with Crippen LogP contribution in [-0.2, 0) is 10.0 Å². The second kappa shape index (κ2) is 6.52. The highest BCUT2D eigenvalue weighted by Gasteiger charge is 2.21. The topological polar surface area (TPSA) is 81.1 Å². The molecule has 3 aromatic rings. The molecule has 0 atom stereocenters. The first-order valence-electron chi connectivity index (χ1n) is 7.62. The van der Waals surface area contributed by atoms with E-state index in [4.69, 9.17) is 0 Å². The van der Waals surface area contributed by atoms with Crippen LogP contribution in [0.2, 0.25) is 0 Å². The van der Waals surface area contributed by atoms with Gasteiger partial charge in [0.15, 0.2) is 0 Å².